The number of nitrogens with one attached hydrogen (secondary N) is 2. The van der Waals surface area contributed by atoms with Crippen LogP contribution < -0.4 is 10.0 Å². The van der Waals surface area contributed by atoms with Crippen LogP contribution in [0.3, 0.4) is 0 Å². The molecule has 0 saturated carbocycles. The Labute approximate surface area is 119 Å². The molecule has 0 atom stereocenters. The molecule has 106 valence electrons. The SMILES string of the molecule is CCc1ccccc1NS(=O)(=O)c1cccnc1NC. The van der Waals surface area contributed by atoms with Gasteiger partial charge in [-0.1, -0.05) is 25.1 Å². The average Bonchev–Trinajstić information content (AvgIpc) is 2.47. The van der Waals surface area contributed by atoms with E-state index in [4.69, 9.17) is 0 Å². The van der Waals surface area contributed by atoms with Gasteiger partial charge in [0.15, 0.2) is 0 Å². The Morgan fingerprint density at radius 1 is 1.15 bits per heavy atom. The molecule has 2 N–H and O–H groups in total. The van der Waals surface area contributed by atoms with Crippen LogP contribution in [-0.2, 0) is 16.4 Å². The van der Waals surface area contributed by atoms with Crippen LogP contribution in [-0.4, -0.2) is 20.4 Å². The molecule has 0 fully saturated rings. The first-order chi connectivity index (χ1) is 9.58. The van der Waals surface area contributed by atoms with Gasteiger partial charge in [0.2, 0.25) is 0 Å². The highest BCUT2D eigenvalue weighted by atomic mass is 32.2. The van der Waals surface area contributed by atoms with Crippen molar-refractivity contribution in [2.24, 2.45) is 0 Å². The predicted molar refractivity (Wildman–Crippen MR) is 80.4 cm³/mol. The maximum atomic E-state index is 12.5. The van der Waals surface area contributed by atoms with E-state index >= 15 is 0 Å². The summed E-state index contributed by atoms with van der Waals surface area (Å²) in [6.45, 7) is 1.98. The van der Waals surface area contributed by atoms with Gasteiger partial charge >= 0.3 is 0 Å². The van der Waals surface area contributed by atoms with Crippen molar-refractivity contribution in [1.82, 2.24) is 4.98 Å². The summed E-state index contributed by atoms with van der Waals surface area (Å²) in [5.41, 5.74) is 1.55. The Balaban J connectivity index is 2.41. The van der Waals surface area contributed by atoms with Gasteiger partial charge in [0.05, 0.1) is 5.69 Å². The average molecular weight is 291 g/mol. The number of nitrogens with zero attached hydrogens (tertiary/aromatic N) is 1. The summed E-state index contributed by atoms with van der Waals surface area (Å²) in [5.74, 6) is 0.328. The molecular formula is C14H17N3O2S. The zero-order chi connectivity index (χ0) is 14.6. The molecule has 6 heteroatoms. The fraction of sp³-hybridized carbons (Fsp3) is 0.214. The highest BCUT2D eigenvalue weighted by Gasteiger charge is 2.19. The molecule has 0 aliphatic carbocycles. The minimum absolute atomic E-state index is 0.133. The molecule has 0 unspecified atom stereocenters. The summed E-state index contributed by atoms with van der Waals surface area (Å²) in [5, 5.41) is 2.79. The van der Waals surface area contributed by atoms with E-state index in [1.54, 1.807) is 31.4 Å². The Morgan fingerprint density at radius 3 is 2.60 bits per heavy atom. The number of rotatable bonds is 5. The van der Waals surface area contributed by atoms with Gasteiger partial charge in [0.1, 0.15) is 10.7 Å². The number of aryl methyl sites for hydroxylation is 1. The first-order valence-electron chi connectivity index (χ1n) is 6.32. The van der Waals surface area contributed by atoms with Crippen molar-refractivity contribution in [2.45, 2.75) is 18.2 Å². The second kappa shape index (κ2) is 5.92. The number of para-hydroxylation sites is 1. The smallest absolute Gasteiger partial charge is 0.265 e. The molecule has 0 aliphatic heterocycles. The molecule has 0 saturated heterocycles. The molecule has 1 heterocycles. The zero-order valence-electron chi connectivity index (χ0n) is 11.4. The summed E-state index contributed by atoms with van der Waals surface area (Å²) in [7, 11) is -2.02. The monoisotopic (exact) mass is 291 g/mol. The molecular weight excluding hydrogens is 274 g/mol. The van der Waals surface area contributed by atoms with E-state index in [0.29, 0.717) is 11.5 Å². The van der Waals surface area contributed by atoms with Crippen molar-refractivity contribution >= 4 is 21.5 Å². The first-order valence-corrected chi connectivity index (χ1v) is 7.80. The molecule has 1 aromatic heterocycles. The largest absolute Gasteiger partial charge is 0.372 e. The summed E-state index contributed by atoms with van der Waals surface area (Å²) in [6, 6.07) is 10.5. The van der Waals surface area contributed by atoms with Crippen LogP contribution in [0.5, 0.6) is 0 Å². The van der Waals surface area contributed by atoms with Crippen molar-refractivity contribution in [3.05, 3.63) is 48.2 Å². The fourth-order valence-electron chi connectivity index (χ4n) is 1.92. The van der Waals surface area contributed by atoms with E-state index in [2.05, 4.69) is 15.0 Å². The summed E-state index contributed by atoms with van der Waals surface area (Å²) >= 11 is 0. The molecule has 0 radical (unpaired) electrons. The number of hydrogen-bond donors (Lipinski definition) is 2. The van der Waals surface area contributed by atoms with Crippen LogP contribution in [0.4, 0.5) is 11.5 Å². The van der Waals surface area contributed by atoms with E-state index in [-0.39, 0.29) is 4.90 Å². The third-order valence-corrected chi connectivity index (χ3v) is 4.34. The van der Waals surface area contributed by atoms with E-state index in [0.717, 1.165) is 12.0 Å². The third kappa shape index (κ3) is 2.91. The lowest BCUT2D eigenvalue weighted by atomic mass is 10.1. The maximum absolute atomic E-state index is 12.5. The van der Waals surface area contributed by atoms with Crippen LogP contribution in [0.15, 0.2) is 47.5 Å². The number of hydrogen-bond acceptors (Lipinski definition) is 4. The second-order valence-corrected chi connectivity index (χ2v) is 5.87. The number of pyridine rings is 1. The zero-order valence-corrected chi connectivity index (χ0v) is 12.2. The molecule has 20 heavy (non-hydrogen) atoms. The van der Waals surface area contributed by atoms with Crippen LogP contribution in [0.1, 0.15) is 12.5 Å². The van der Waals surface area contributed by atoms with E-state index < -0.39 is 10.0 Å². The van der Waals surface area contributed by atoms with Gasteiger partial charge in [-0.15, -0.1) is 0 Å². The van der Waals surface area contributed by atoms with Crippen molar-refractivity contribution < 1.29 is 8.42 Å². The van der Waals surface area contributed by atoms with Crippen LogP contribution in [0.25, 0.3) is 0 Å². The lowest BCUT2D eigenvalue weighted by Crippen LogP contribution is -2.16. The molecule has 2 rings (SSSR count). The maximum Gasteiger partial charge on any atom is 0.265 e. The third-order valence-electron chi connectivity index (χ3n) is 2.94. The molecule has 2 aromatic rings. The highest BCUT2D eigenvalue weighted by Crippen LogP contribution is 2.23. The van der Waals surface area contributed by atoms with Gasteiger partial charge in [-0.3, -0.25) is 4.72 Å². The van der Waals surface area contributed by atoms with Gasteiger partial charge in [-0.25, -0.2) is 13.4 Å². The lowest BCUT2D eigenvalue weighted by molar-refractivity contribution is 0.601. The molecule has 0 spiro atoms. The second-order valence-electron chi connectivity index (χ2n) is 4.22. The molecule has 1 aromatic carbocycles. The Morgan fingerprint density at radius 2 is 1.90 bits per heavy atom. The molecule has 5 nitrogen and oxygen atoms in total. The lowest BCUT2D eigenvalue weighted by Gasteiger charge is -2.13. The normalized spacial score (nSPS) is 11.1. The number of sulfonamides is 1. The first kappa shape index (κ1) is 14.3. The number of anilines is 2. The van der Waals surface area contributed by atoms with Crippen LogP contribution in [0.2, 0.25) is 0 Å². The van der Waals surface area contributed by atoms with E-state index in [1.165, 1.54) is 6.07 Å². The summed E-state index contributed by atoms with van der Waals surface area (Å²) in [6.07, 6.45) is 2.30. The topological polar surface area (TPSA) is 71.1 Å². The van der Waals surface area contributed by atoms with Crippen LogP contribution >= 0.6 is 0 Å². The highest BCUT2D eigenvalue weighted by molar-refractivity contribution is 7.92. The van der Waals surface area contributed by atoms with Crippen molar-refractivity contribution in [3.8, 4) is 0 Å². The predicted octanol–water partition coefficient (Wildman–Crippen LogP) is 2.49. The Kier molecular flexibility index (Phi) is 4.24. The standard InChI is InChI=1S/C14H17N3O2S/c1-3-11-7-4-5-8-12(11)17-20(18,19)13-9-6-10-16-14(13)15-2/h4-10,17H,3H2,1-2H3,(H,15,16). The summed E-state index contributed by atoms with van der Waals surface area (Å²) < 4.78 is 27.5. The Hall–Kier alpha value is -2.08. The number of aromatic nitrogens is 1. The van der Waals surface area contributed by atoms with Crippen molar-refractivity contribution in [3.63, 3.8) is 0 Å². The minimum Gasteiger partial charge on any atom is -0.372 e. The van der Waals surface area contributed by atoms with E-state index in [9.17, 15) is 8.42 Å². The Bertz CT molecular complexity index is 699. The van der Waals surface area contributed by atoms with Crippen LogP contribution in [0, 0.1) is 0 Å². The van der Waals surface area contributed by atoms with Gasteiger partial charge in [0, 0.05) is 13.2 Å². The minimum atomic E-state index is -3.66. The molecule has 0 aliphatic rings. The van der Waals surface area contributed by atoms with Gasteiger partial charge < -0.3 is 5.32 Å². The molecule has 0 amide bonds. The fourth-order valence-corrected chi connectivity index (χ4v) is 3.19. The molecule has 0 bridgehead atoms. The summed E-state index contributed by atoms with van der Waals surface area (Å²) in [4.78, 5) is 4.15. The quantitative estimate of drug-likeness (QED) is 0.888. The van der Waals surface area contributed by atoms with E-state index in [1.807, 2.05) is 19.1 Å². The van der Waals surface area contributed by atoms with Crippen molar-refractivity contribution in [1.29, 1.82) is 0 Å². The van der Waals surface area contributed by atoms with Gasteiger partial charge in [0.25, 0.3) is 10.0 Å². The van der Waals surface area contributed by atoms with Gasteiger partial charge in [-0.2, -0.15) is 0 Å². The number of benzene rings is 1. The van der Waals surface area contributed by atoms with Gasteiger partial charge in [-0.05, 0) is 30.2 Å². The van der Waals surface area contributed by atoms with Crippen molar-refractivity contribution in [2.75, 3.05) is 17.1 Å².